The lowest BCUT2D eigenvalue weighted by Crippen LogP contribution is -2.50. The zero-order valence-electron chi connectivity index (χ0n) is 19.0. The summed E-state index contributed by atoms with van der Waals surface area (Å²) < 4.78 is 6.07. The molecule has 7 nitrogen and oxygen atoms in total. The van der Waals surface area contributed by atoms with E-state index in [1.807, 2.05) is 38.1 Å². The molecule has 2 aliphatic carbocycles. The number of imide groups is 1. The number of carbonyl (C=O) groups excluding carboxylic acids is 3. The summed E-state index contributed by atoms with van der Waals surface area (Å²) in [5.41, 5.74) is 0.799. The van der Waals surface area contributed by atoms with Gasteiger partial charge < -0.3 is 10.1 Å². The molecular weight excluding hydrogens is 406 g/mol. The van der Waals surface area contributed by atoms with Gasteiger partial charge >= 0.3 is 0 Å². The van der Waals surface area contributed by atoms with E-state index in [1.54, 1.807) is 6.20 Å². The van der Waals surface area contributed by atoms with Crippen LogP contribution in [0.25, 0.3) is 0 Å². The Morgan fingerprint density at radius 1 is 1.16 bits per heavy atom. The summed E-state index contributed by atoms with van der Waals surface area (Å²) in [6.45, 7) is 4.23. The van der Waals surface area contributed by atoms with Crippen molar-refractivity contribution >= 4 is 17.7 Å². The lowest BCUT2D eigenvalue weighted by Gasteiger charge is -2.27. The maximum absolute atomic E-state index is 13.3. The van der Waals surface area contributed by atoms with E-state index < -0.39 is 6.04 Å². The number of allylic oxidation sites excluding steroid dienone is 2. The van der Waals surface area contributed by atoms with Gasteiger partial charge in [-0.05, 0) is 56.9 Å². The van der Waals surface area contributed by atoms with Crippen molar-refractivity contribution in [3.8, 4) is 5.88 Å². The maximum atomic E-state index is 13.3. The minimum atomic E-state index is -0.795. The van der Waals surface area contributed by atoms with E-state index in [0.717, 1.165) is 31.2 Å². The van der Waals surface area contributed by atoms with Gasteiger partial charge in [0.05, 0.1) is 11.8 Å². The fourth-order valence-electron chi connectivity index (χ4n) is 5.04. The summed E-state index contributed by atoms with van der Waals surface area (Å²) in [6.07, 6.45) is 11.7. The summed E-state index contributed by atoms with van der Waals surface area (Å²) in [4.78, 5) is 45.0. The van der Waals surface area contributed by atoms with Crippen molar-refractivity contribution < 1.29 is 19.1 Å². The first-order valence-corrected chi connectivity index (χ1v) is 11.9. The van der Waals surface area contributed by atoms with Crippen LogP contribution in [0.1, 0.15) is 64.4 Å². The van der Waals surface area contributed by atoms with Crippen molar-refractivity contribution in [2.45, 2.75) is 77.5 Å². The quantitative estimate of drug-likeness (QED) is 0.495. The van der Waals surface area contributed by atoms with Gasteiger partial charge in [0.2, 0.25) is 23.6 Å². The van der Waals surface area contributed by atoms with E-state index >= 15 is 0 Å². The number of nitrogens with one attached hydrogen (secondary N) is 1. The Hall–Kier alpha value is -2.70. The fourth-order valence-corrected chi connectivity index (χ4v) is 5.04. The third kappa shape index (κ3) is 4.71. The Balaban J connectivity index is 1.46. The van der Waals surface area contributed by atoms with E-state index in [2.05, 4.69) is 10.3 Å². The predicted octanol–water partition coefficient (Wildman–Crippen LogP) is 3.39. The highest BCUT2D eigenvalue weighted by Crippen LogP contribution is 2.37. The molecule has 1 saturated heterocycles. The van der Waals surface area contributed by atoms with Crippen molar-refractivity contribution in [1.82, 2.24) is 15.2 Å². The van der Waals surface area contributed by atoms with Crippen molar-refractivity contribution in [3.63, 3.8) is 0 Å². The number of aromatic nitrogens is 1. The molecule has 7 heteroatoms. The normalized spacial score (nSPS) is 24.2. The lowest BCUT2D eigenvalue weighted by atomic mass is 9.85. The number of hydrogen-bond donors (Lipinski definition) is 1. The van der Waals surface area contributed by atoms with Gasteiger partial charge in [0, 0.05) is 18.3 Å². The van der Waals surface area contributed by atoms with Gasteiger partial charge in [-0.15, -0.1) is 0 Å². The molecule has 1 aromatic heterocycles. The summed E-state index contributed by atoms with van der Waals surface area (Å²) in [5.74, 6) is -0.687. The van der Waals surface area contributed by atoms with E-state index in [9.17, 15) is 14.4 Å². The highest BCUT2D eigenvalue weighted by molar-refractivity contribution is 6.08. The van der Waals surface area contributed by atoms with Gasteiger partial charge in [0.25, 0.3) is 0 Å². The molecule has 1 saturated carbocycles. The second-order valence-corrected chi connectivity index (χ2v) is 9.56. The van der Waals surface area contributed by atoms with Gasteiger partial charge in [0.1, 0.15) is 12.1 Å². The molecule has 1 N–H and O–H groups in total. The standard InChI is InChI=1S/C25H33N3O4/c1-16(2)14-21(28-24(30)19-11-5-6-12-20(19)25(28)31)22(29)27-15-17-8-7-13-26-23(17)32-18-9-3-4-10-18/h5-8,13,16,18-21H,3-4,9-12,14-15H2,1-2H3,(H,27,29)/t19-,20-,21-/m1/s1. The van der Waals surface area contributed by atoms with Crippen molar-refractivity contribution in [2.24, 2.45) is 17.8 Å². The lowest BCUT2D eigenvalue weighted by molar-refractivity contribution is -0.148. The topological polar surface area (TPSA) is 88.6 Å². The first kappa shape index (κ1) is 22.5. The molecule has 0 radical (unpaired) electrons. The monoisotopic (exact) mass is 439 g/mol. The highest BCUT2D eigenvalue weighted by Gasteiger charge is 2.51. The molecule has 3 aliphatic rings. The number of nitrogens with zero attached hydrogens (tertiary/aromatic N) is 2. The number of hydrogen-bond acceptors (Lipinski definition) is 5. The molecule has 4 rings (SSSR count). The molecule has 1 aliphatic heterocycles. The molecule has 3 amide bonds. The molecule has 3 atom stereocenters. The van der Waals surface area contributed by atoms with Gasteiger partial charge in [0.15, 0.2) is 0 Å². The van der Waals surface area contributed by atoms with Crippen LogP contribution in [0.3, 0.4) is 0 Å². The number of likely N-dealkylation sites (tertiary alicyclic amines) is 1. The molecule has 32 heavy (non-hydrogen) atoms. The number of amides is 3. The molecule has 172 valence electrons. The smallest absolute Gasteiger partial charge is 0.243 e. The second kappa shape index (κ2) is 9.84. The van der Waals surface area contributed by atoms with Crippen molar-refractivity contribution in [2.75, 3.05) is 0 Å². The van der Waals surface area contributed by atoms with E-state index in [0.29, 0.717) is 25.1 Å². The van der Waals surface area contributed by atoms with Crippen LogP contribution in [-0.2, 0) is 20.9 Å². The Bertz CT molecular complexity index is 865. The SMILES string of the molecule is CC(C)C[C@H](C(=O)NCc1cccnc1OC1CCCC1)N1C(=O)[C@@H]2CC=CC[C@H]2C1=O. The van der Waals surface area contributed by atoms with E-state index in [4.69, 9.17) is 4.74 Å². The largest absolute Gasteiger partial charge is 0.474 e. The molecule has 0 unspecified atom stereocenters. The molecule has 0 spiro atoms. The molecule has 2 heterocycles. The Labute approximate surface area is 189 Å². The van der Waals surface area contributed by atoms with Gasteiger partial charge in [-0.3, -0.25) is 19.3 Å². The minimum absolute atomic E-state index is 0.159. The fraction of sp³-hybridized carbons (Fsp3) is 0.600. The number of pyridine rings is 1. The summed E-state index contributed by atoms with van der Waals surface area (Å²) in [6, 6.07) is 2.91. The highest BCUT2D eigenvalue weighted by atomic mass is 16.5. The minimum Gasteiger partial charge on any atom is -0.474 e. The van der Waals surface area contributed by atoms with Crippen molar-refractivity contribution in [3.05, 3.63) is 36.0 Å². The van der Waals surface area contributed by atoms with Crippen molar-refractivity contribution in [1.29, 1.82) is 0 Å². The molecule has 2 fully saturated rings. The Morgan fingerprint density at radius 2 is 1.81 bits per heavy atom. The Morgan fingerprint density at radius 3 is 2.44 bits per heavy atom. The molecular formula is C25H33N3O4. The van der Waals surface area contributed by atoms with Crippen LogP contribution in [0.15, 0.2) is 30.5 Å². The number of rotatable bonds is 8. The molecule has 0 aromatic carbocycles. The average Bonchev–Trinajstić information content (AvgIpc) is 3.38. The van der Waals surface area contributed by atoms with Crippen LogP contribution in [0.2, 0.25) is 0 Å². The molecule has 0 bridgehead atoms. The van der Waals surface area contributed by atoms with Crippen LogP contribution in [0.5, 0.6) is 5.88 Å². The summed E-state index contributed by atoms with van der Waals surface area (Å²) in [7, 11) is 0. The van der Waals surface area contributed by atoms with Gasteiger partial charge in [-0.1, -0.05) is 32.1 Å². The zero-order valence-corrected chi connectivity index (χ0v) is 19.0. The second-order valence-electron chi connectivity index (χ2n) is 9.56. The first-order valence-electron chi connectivity index (χ1n) is 11.9. The Kier molecular flexibility index (Phi) is 6.92. The van der Waals surface area contributed by atoms with Gasteiger partial charge in [-0.25, -0.2) is 4.98 Å². The van der Waals surface area contributed by atoms with Crippen LogP contribution in [-0.4, -0.2) is 39.8 Å². The van der Waals surface area contributed by atoms with E-state index in [1.165, 1.54) is 4.90 Å². The van der Waals surface area contributed by atoms with Crippen LogP contribution >= 0.6 is 0 Å². The number of ether oxygens (including phenoxy) is 1. The van der Waals surface area contributed by atoms with Gasteiger partial charge in [-0.2, -0.15) is 0 Å². The van der Waals surface area contributed by atoms with Crippen LogP contribution in [0, 0.1) is 17.8 Å². The van der Waals surface area contributed by atoms with Crippen LogP contribution in [0.4, 0.5) is 0 Å². The first-order chi connectivity index (χ1) is 15.5. The maximum Gasteiger partial charge on any atom is 0.243 e. The van der Waals surface area contributed by atoms with Crippen LogP contribution < -0.4 is 10.1 Å². The number of fused-ring (bicyclic) bond motifs is 1. The summed E-state index contributed by atoms with van der Waals surface area (Å²) >= 11 is 0. The third-order valence-electron chi connectivity index (χ3n) is 6.73. The number of carbonyl (C=O) groups is 3. The predicted molar refractivity (Wildman–Crippen MR) is 119 cm³/mol. The zero-order chi connectivity index (χ0) is 22.7. The van der Waals surface area contributed by atoms with E-state index in [-0.39, 0.29) is 48.1 Å². The third-order valence-corrected chi connectivity index (χ3v) is 6.73. The summed E-state index contributed by atoms with van der Waals surface area (Å²) in [5, 5.41) is 2.95. The average molecular weight is 440 g/mol. The molecule has 1 aromatic rings.